The Balaban J connectivity index is 1.70. The second-order valence-corrected chi connectivity index (χ2v) is 9.20. The van der Waals surface area contributed by atoms with E-state index in [9.17, 15) is 9.18 Å². The van der Waals surface area contributed by atoms with Crippen LogP contribution in [0, 0.1) is 11.6 Å². The van der Waals surface area contributed by atoms with Crippen molar-refractivity contribution >= 4 is 5.97 Å². The summed E-state index contributed by atoms with van der Waals surface area (Å²) >= 11 is 0. The van der Waals surface area contributed by atoms with Crippen LogP contribution in [0.25, 0.3) is 11.1 Å². The number of aryl methyl sites for hydroxylation is 2. The normalized spacial score (nSPS) is 15.1. The Morgan fingerprint density at radius 1 is 0.730 bits per heavy atom. The summed E-state index contributed by atoms with van der Waals surface area (Å²) in [6, 6.07) is 10.5. The highest BCUT2D eigenvalue weighted by atomic mass is 19.3. The second kappa shape index (κ2) is 10.2. The van der Waals surface area contributed by atoms with Gasteiger partial charge in [-0.15, -0.1) is 0 Å². The van der Waals surface area contributed by atoms with Crippen molar-refractivity contribution in [3.05, 3.63) is 88.0 Å². The van der Waals surface area contributed by atoms with Gasteiger partial charge in [-0.1, -0.05) is 57.4 Å². The average Bonchev–Trinajstić information content (AvgIpc) is 2.85. The van der Waals surface area contributed by atoms with Gasteiger partial charge < -0.3 is 4.74 Å². The van der Waals surface area contributed by atoms with Crippen LogP contribution in [0.3, 0.4) is 0 Å². The van der Waals surface area contributed by atoms with Crippen molar-refractivity contribution in [2.45, 2.75) is 64.2 Å². The van der Waals surface area contributed by atoms with Gasteiger partial charge in [-0.3, -0.25) is 0 Å². The predicted molar refractivity (Wildman–Crippen MR) is 128 cm³/mol. The summed E-state index contributed by atoms with van der Waals surface area (Å²) < 4.78 is 95.6. The fourth-order valence-electron chi connectivity index (χ4n) is 4.64. The minimum atomic E-state index is -5.09. The molecule has 0 saturated carbocycles. The molecule has 0 fully saturated rings. The maximum Gasteiger partial charge on any atom is 0.343 e. The van der Waals surface area contributed by atoms with Crippen LogP contribution in [0.2, 0.25) is 0 Å². The fraction of sp³-hybridized carbons (Fsp3) is 0.345. The number of esters is 1. The van der Waals surface area contributed by atoms with E-state index in [-0.39, 0.29) is 17.5 Å². The Bertz CT molecular complexity index is 1310. The van der Waals surface area contributed by atoms with Crippen molar-refractivity contribution in [1.82, 2.24) is 0 Å². The minimum Gasteiger partial charge on any atom is -0.420 e. The molecule has 0 bridgehead atoms. The van der Waals surface area contributed by atoms with Crippen LogP contribution >= 0.6 is 0 Å². The number of halogens is 6. The number of hydrogen-bond acceptors (Lipinski definition) is 2. The number of ether oxygens (including phenoxy) is 1. The lowest BCUT2D eigenvalue weighted by Crippen LogP contribution is -2.41. The lowest BCUT2D eigenvalue weighted by molar-refractivity contribution is -0.227. The number of unbranched alkanes of at least 4 members (excludes halogenated alkanes) is 2. The van der Waals surface area contributed by atoms with Crippen LogP contribution in [0.15, 0.2) is 48.5 Å². The third-order valence-electron chi connectivity index (χ3n) is 6.62. The van der Waals surface area contributed by atoms with Crippen LogP contribution in [0.1, 0.15) is 72.1 Å². The van der Waals surface area contributed by atoms with Gasteiger partial charge >= 0.3 is 17.8 Å². The third-order valence-corrected chi connectivity index (χ3v) is 6.62. The SMILES string of the molecule is CCCCCc1ccc(C(=O)Oc2ccc3c(c2F)C(F)(F)C(F)(F)c2c-3ccc(CCC)c2F)cc1. The first-order chi connectivity index (χ1) is 17.5. The molecule has 0 aliphatic heterocycles. The van der Waals surface area contributed by atoms with Gasteiger partial charge in [-0.2, -0.15) is 17.6 Å². The summed E-state index contributed by atoms with van der Waals surface area (Å²) in [6.07, 6.45) is 4.40. The maximum atomic E-state index is 15.3. The highest BCUT2D eigenvalue weighted by Crippen LogP contribution is 2.60. The van der Waals surface area contributed by atoms with Gasteiger partial charge in [0.25, 0.3) is 0 Å². The Kier molecular flexibility index (Phi) is 7.40. The molecule has 0 N–H and O–H groups in total. The van der Waals surface area contributed by atoms with E-state index < -0.39 is 57.5 Å². The molecule has 1 aliphatic rings. The van der Waals surface area contributed by atoms with Crippen molar-refractivity contribution in [3.8, 4) is 16.9 Å². The molecule has 8 heteroatoms. The van der Waals surface area contributed by atoms with Gasteiger partial charge in [0.1, 0.15) is 5.82 Å². The minimum absolute atomic E-state index is 0.0457. The van der Waals surface area contributed by atoms with Crippen LogP contribution < -0.4 is 4.74 Å². The highest BCUT2D eigenvalue weighted by molar-refractivity contribution is 5.91. The molecule has 0 amide bonds. The van der Waals surface area contributed by atoms with Crippen LogP contribution in [0.4, 0.5) is 26.3 Å². The molecule has 196 valence electrons. The molecular weight excluding hydrogens is 494 g/mol. The van der Waals surface area contributed by atoms with Crippen molar-refractivity contribution in [2.24, 2.45) is 0 Å². The number of benzene rings is 3. The number of alkyl halides is 4. The zero-order valence-corrected chi connectivity index (χ0v) is 20.4. The van der Waals surface area contributed by atoms with Gasteiger partial charge in [0.05, 0.1) is 16.7 Å². The first-order valence-corrected chi connectivity index (χ1v) is 12.3. The molecule has 0 spiro atoms. The molecule has 0 saturated heterocycles. The Morgan fingerprint density at radius 3 is 1.92 bits per heavy atom. The van der Waals surface area contributed by atoms with E-state index >= 15 is 22.0 Å². The summed E-state index contributed by atoms with van der Waals surface area (Å²) in [6.45, 7) is 3.78. The van der Waals surface area contributed by atoms with Crippen molar-refractivity contribution < 1.29 is 35.9 Å². The summed E-state index contributed by atoms with van der Waals surface area (Å²) in [5.41, 5.74) is -3.30. The summed E-state index contributed by atoms with van der Waals surface area (Å²) in [4.78, 5) is 12.6. The topological polar surface area (TPSA) is 26.3 Å². The zero-order chi connectivity index (χ0) is 27.0. The second-order valence-electron chi connectivity index (χ2n) is 9.20. The van der Waals surface area contributed by atoms with Gasteiger partial charge in [0.2, 0.25) is 0 Å². The first-order valence-electron chi connectivity index (χ1n) is 12.3. The van der Waals surface area contributed by atoms with Crippen molar-refractivity contribution in [1.29, 1.82) is 0 Å². The van der Waals surface area contributed by atoms with E-state index in [2.05, 4.69) is 6.92 Å². The molecule has 0 aromatic heterocycles. The van der Waals surface area contributed by atoms with Crippen LogP contribution in [-0.4, -0.2) is 5.97 Å². The lowest BCUT2D eigenvalue weighted by Gasteiger charge is -2.35. The van der Waals surface area contributed by atoms with E-state index in [0.29, 0.717) is 6.42 Å². The number of hydrogen-bond donors (Lipinski definition) is 0. The van der Waals surface area contributed by atoms with Gasteiger partial charge in [0, 0.05) is 0 Å². The van der Waals surface area contributed by atoms with Crippen LogP contribution in [0.5, 0.6) is 5.75 Å². The van der Waals surface area contributed by atoms with Crippen molar-refractivity contribution in [3.63, 3.8) is 0 Å². The fourth-order valence-corrected chi connectivity index (χ4v) is 4.64. The quantitative estimate of drug-likeness (QED) is 0.128. The predicted octanol–water partition coefficient (Wildman–Crippen LogP) is 8.73. The molecule has 3 aromatic rings. The first kappa shape index (κ1) is 26.8. The van der Waals surface area contributed by atoms with E-state index in [1.54, 1.807) is 19.1 Å². The van der Waals surface area contributed by atoms with Gasteiger partial charge in [-0.25, -0.2) is 13.6 Å². The third kappa shape index (κ3) is 4.62. The molecule has 3 aromatic carbocycles. The molecular formula is C29H26F6O2. The molecule has 37 heavy (non-hydrogen) atoms. The number of rotatable bonds is 8. The average molecular weight is 521 g/mol. The van der Waals surface area contributed by atoms with Crippen molar-refractivity contribution in [2.75, 3.05) is 0 Å². The molecule has 2 nitrogen and oxygen atoms in total. The summed E-state index contributed by atoms with van der Waals surface area (Å²) in [5, 5.41) is 0. The zero-order valence-electron chi connectivity index (χ0n) is 20.4. The van der Waals surface area contributed by atoms with Gasteiger partial charge in [-0.05, 0) is 65.8 Å². The Morgan fingerprint density at radius 2 is 1.32 bits per heavy atom. The molecule has 0 atom stereocenters. The van der Waals surface area contributed by atoms with E-state index in [1.807, 2.05) is 0 Å². The lowest BCUT2D eigenvalue weighted by atomic mass is 9.79. The molecule has 0 unspecified atom stereocenters. The Hall–Kier alpha value is -3.29. The van der Waals surface area contributed by atoms with Crippen LogP contribution in [-0.2, 0) is 24.7 Å². The van der Waals surface area contributed by atoms with E-state index in [1.165, 1.54) is 18.2 Å². The molecule has 1 aliphatic carbocycles. The van der Waals surface area contributed by atoms with Gasteiger partial charge in [0.15, 0.2) is 11.6 Å². The number of carbonyl (C=O) groups is 1. The molecule has 0 heterocycles. The monoisotopic (exact) mass is 520 g/mol. The molecule has 0 radical (unpaired) electrons. The Labute approximate surface area is 211 Å². The maximum absolute atomic E-state index is 15.3. The summed E-state index contributed by atoms with van der Waals surface area (Å²) in [7, 11) is 0. The smallest absolute Gasteiger partial charge is 0.343 e. The highest BCUT2D eigenvalue weighted by Gasteiger charge is 2.65. The largest absolute Gasteiger partial charge is 0.420 e. The molecule has 4 rings (SSSR count). The standard InChI is InChI=1S/C29H26F6O2/c1-3-5-6-8-17-9-11-19(12-10-17)27(36)37-22-16-15-21-20-14-13-18(7-4-2)25(30)23(20)28(32,33)29(34,35)24(21)26(22)31/h9-16H,3-8H2,1-2H3. The van der Waals surface area contributed by atoms with E-state index in [0.717, 1.165) is 49.4 Å². The number of carbonyl (C=O) groups excluding carboxylic acids is 1. The van der Waals surface area contributed by atoms with E-state index in [4.69, 9.17) is 4.74 Å². The summed E-state index contributed by atoms with van der Waals surface area (Å²) in [5.74, 6) is -15.3. The number of fused-ring (bicyclic) bond motifs is 3.